The summed E-state index contributed by atoms with van der Waals surface area (Å²) in [5, 5.41) is 0. The molecule has 1 heterocycles. The molecule has 1 fully saturated rings. The maximum Gasteiger partial charge on any atom is 0.0597 e. The van der Waals surface area contributed by atoms with Gasteiger partial charge in [-0.3, -0.25) is 0 Å². The van der Waals surface area contributed by atoms with E-state index in [1.807, 2.05) is 0 Å². The van der Waals surface area contributed by atoms with Crippen molar-refractivity contribution in [3.63, 3.8) is 0 Å². The average Bonchev–Trinajstić information content (AvgIpc) is 2.07. The summed E-state index contributed by atoms with van der Waals surface area (Å²) in [6.45, 7) is 3.29. The fourth-order valence-electron chi connectivity index (χ4n) is 1.84. The summed E-state index contributed by atoms with van der Waals surface area (Å²) in [6, 6.07) is 0. The van der Waals surface area contributed by atoms with Crippen LogP contribution in [-0.2, 0) is 4.74 Å². The summed E-state index contributed by atoms with van der Waals surface area (Å²) in [6.07, 6.45) is 13.2. The molecule has 0 aromatic heterocycles. The van der Waals surface area contributed by atoms with Gasteiger partial charge in [0.1, 0.15) is 0 Å². The van der Waals surface area contributed by atoms with Crippen LogP contribution < -0.4 is 0 Å². The molecule has 1 atom stereocenters. The monoisotopic (exact) mass is 184 g/mol. The van der Waals surface area contributed by atoms with Crippen LogP contribution in [0.3, 0.4) is 0 Å². The minimum atomic E-state index is 0.635. The van der Waals surface area contributed by atoms with E-state index < -0.39 is 0 Å². The van der Waals surface area contributed by atoms with Crippen LogP contribution in [0.2, 0.25) is 0 Å². The van der Waals surface area contributed by atoms with Crippen LogP contribution in [0.4, 0.5) is 0 Å². The van der Waals surface area contributed by atoms with E-state index in [4.69, 9.17) is 4.74 Å². The zero-order valence-electron chi connectivity index (χ0n) is 9.06. The zero-order chi connectivity index (χ0) is 9.36. The number of hydrogen-bond acceptors (Lipinski definition) is 1. The molecule has 1 nitrogen and oxygen atoms in total. The van der Waals surface area contributed by atoms with Gasteiger partial charge in [0.05, 0.1) is 6.10 Å². The van der Waals surface area contributed by atoms with Crippen LogP contribution in [0.5, 0.6) is 0 Å². The molecule has 0 amide bonds. The third kappa shape index (κ3) is 5.30. The molecule has 0 bridgehead atoms. The van der Waals surface area contributed by atoms with Gasteiger partial charge in [-0.15, -0.1) is 0 Å². The van der Waals surface area contributed by atoms with Crippen molar-refractivity contribution in [1.82, 2.24) is 0 Å². The predicted octanol–water partition coefficient (Wildman–Crippen LogP) is 3.92. The molecule has 1 saturated heterocycles. The maximum atomic E-state index is 5.38. The highest BCUT2D eigenvalue weighted by Crippen LogP contribution is 2.18. The molecule has 1 rings (SSSR count). The first-order valence-electron chi connectivity index (χ1n) is 6.05. The summed E-state index contributed by atoms with van der Waals surface area (Å²) in [5.41, 5.74) is 0. The lowest BCUT2D eigenvalue weighted by Crippen LogP contribution is -2.26. The van der Waals surface area contributed by atoms with Gasteiger partial charge in [-0.25, -0.2) is 0 Å². The predicted molar refractivity (Wildman–Crippen MR) is 57.0 cm³/mol. The Morgan fingerprint density at radius 2 is 1.62 bits per heavy atom. The van der Waals surface area contributed by atoms with Gasteiger partial charge in [-0.2, -0.15) is 0 Å². The standard InChI is InChI=1S/C12H24O/c1-2-3-4-5-6-7-8-9-12-10-11-13-12/h12H,2-11H2,1H3. The van der Waals surface area contributed by atoms with E-state index in [-0.39, 0.29) is 0 Å². The van der Waals surface area contributed by atoms with E-state index in [9.17, 15) is 0 Å². The Balaban J connectivity index is 1.68. The summed E-state index contributed by atoms with van der Waals surface area (Å²) >= 11 is 0. The van der Waals surface area contributed by atoms with Gasteiger partial charge in [0.2, 0.25) is 0 Å². The topological polar surface area (TPSA) is 9.23 Å². The van der Waals surface area contributed by atoms with Gasteiger partial charge in [0.25, 0.3) is 0 Å². The van der Waals surface area contributed by atoms with E-state index in [1.165, 1.54) is 57.8 Å². The Bertz CT molecular complexity index is 108. The molecule has 1 heteroatoms. The second kappa shape index (κ2) is 7.37. The van der Waals surface area contributed by atoms with Gasteiger partial charge < -0.3 is 4.74 Å². The van der Waals surface area contributed by atoms with Crippen LogP contribution in [0, 0.1) is 0 Å². The third-order valence-corrected chi connectivity index (χ3v) is 2.92. The number of hydrogen-bond donors (Lipinski definition) is 0. The number of unbranched alkanes of at least 4 members (excludes halogenated alkanes) is 6. The molecule has 13 heavy (non-hydrogen) atoms. The Morgan fingerprint density at radius 1 is 1.00 bits per heavy atom. The van der Waals surface area contributed by atoms with Crippen molar-refractivity contribution >= 4 is 0 Å². The minimum Gasteiger partial charge on any atom is -0.378 e. The van der Waals surface area contributed by atoms with Crippen LogP contribution in [-0.4, -0.2) is 12.7 Å². The molecule has 0 aliphatic carbocycles. The van der Waals surface area contributed by atoms with Crippen molar-refractivity contribution in [2.45, 2.75) is 70.8 Å². The van der Waals surface area contributed by atoms with Crippen molar-refractivity contribution in [3.05, 3.63) is 0 Å². The van der Waals surface area contributed by atoms with Crippen LogP contribution in [0.1, 0.15) is 64.7 Å². The molecule has 0 N–H and O–H groups in total. The highest BCUT2D eigenvalue weighted by Gasteiger charge is 2.16. The number of rotatable bonds is 8. The largest absolute Gasteiger partial charge is 0.378 e. The van der Waals surface area contributed by atoms with Crippen molar-refractivity contribution in [2.75, 3.05) is 6.61 Å². The first-order chi connectivity index (χ1) is 6.43. The quantitative estimate of drug-likeness (QED) is 0.520. The van der Waals surface area contributed by atoms with Crippen molar-refractivity contribution in [1.29, 1.82) is 0 Å². The second-order valence-corrected chi connectivity index (χ2v) is 4.19. The Kier molecular flexibility index (Phi) is 6.26. The molecule has 0 aromatic rings. The second-order valence-electron chi connectivity index (χ2n) is 4.19. The van der Waals surface area contributed by atoms with Crippen molar-refractivity contribution < 1.29 is 4.74 Å². The molecule has 0 aromatic carbocycles. The van der Waals surface area contributed by atoms with E-state index in [1.54, 1.807) is 0 Å². The smallest absolute Gasteiger partial charge is 0.0597 e. The molecule has 0 radical (unpaired) electrons. The van der Waals surface area contributed by atoms with Crippen LogP contribution >= 0.6 is 0 Å². The molecule has 0 saturated carbocycles. The fourth-order valence-corrected chi connectivity index (χ4v) is 1.84. The van der Waals surface area contributed by atoms with Crippen LogP contribution in [0.25, 0.3) is 0 Å². The zero-order valence-corrected chi connectivity index (χ0v) is 9.06. The third-order valence-electron chi connectivity index (χ3n) is 2.92. The highest BCUT2D eigenvalue weighted by molar-refractivity contribution is 4.65. The average molecular weight is 184 g/mol. The van der Waals surface area contributed by atoms with Gasteiger partial charge in [0.15, 0.2) is 0 Å². The lowest BCUT2D eigenvalue weighted by atomic mass is 10.0. The first-order valence-corrected chi connectivity index (χ1v) is 6.05. The molecule has 78 valence electrons. The lowest BCUT2D eigenvalue weighted by Gasteiger charge is -2.26. The minimum absolute atomic E-state index is 0.635. The van der Waals surface area contributed by atoms with Gasteiger partial charge in [0, 0.05) is 6.61 Å². The molecular weight excluding hydrogens is 160 g/mol. The van der Waals surface area contributed by atoms with Gasteiger partial charge in [-0.1, -0.05) is 51.9 Å². The van der Waals surface area contributed by atoms with Crippen molar-refractivity contribution in [3.8, 4) is 0 Å². The summed E-state index contributed by atoms with van der Waals surface area (Å²) < 4.78 is 5.38. The van der Waals surface area contributed by atoms with E-state index in [0.29, 0.717) is 6.10 Å². The molecule has 0 spiro atoms. The summed E-state index contributed by atoms with van der Waals surface area (Å²) in [4.78, 5) is 0. The summed E-state index contributed by atoms with van der Waals surface area (Å²) in [7, 11) is 0. The maximum absolute atomic E-state index is 5.38. The van der Waals surface area contributed by atoms with Gasteiger partial charge in [-0.05, 0) is 12.8 Å². The van der Waals surface area contributed by atoms with Crippen molar-refractivity contribution in [2.24, 2.45) is 0 Å². The summed E-state index contributed by atoms with van der Waals surface area (Å²) in [5.74, 6) is 0. The van der Waals surface area contributed by atoms with E-state index in [2.05, 4.69) is 6.92 Å². The molecule has 1 unspecified atom stereocenters. The lowest BCUT2D eigenvalue weighted by molar-refractivity contribution is -0.0555. The Hall–Kier alpha value is -0.0400. The van der Waals surface area contributed by atoms with Gasteiger partial charge >= 0.3 is 0 Å². The highest BCUT2D eigenvalue weighted by atomic mass is 16.5. The fraction of sp³-hybridized carbons (Fsp3) is 1.00. The Morgan fingerprint density at radius 3 is 2.15 bits per heavy atom. The van der Waals surface area contributed by atoms with Crippen LogP contribution in [0.15, 0.2) is 0 Å². The molecular formula is C12H24O. The SMILES string of the molecule is CCCCCCCCCC1CCO1. The molecule has 1 aliphatic rings. The normalized spacial score (nSPS) is 21.5. The van der Waals surface area contributed by atoms with E-state index in [0.717, 1.165) is 6.61 Å². The van der Waals surface area contributed by atoms with E-state index >= 15 is 0 Å². The molecule has 1 aliphatic heterocycles. The number of ether oxygens (including phenoxy) is 1. The Labute approximate surface area is 82.9 Å². The first kappa shape index (κ1) is 11.0.